The quantitative estimate of drug-likeness (QED) is 0.531. The number of phenols is 1. The fourth-order valence-corrected chi connectivity index (χ4v) is 4.74. The van der Waals surface area contributed by atoms with Gasteiger partial charge in [0.1, 0.15) is 17.6 Å². The van der Waals surface area contributed by atoms with E-state index in [-0.39, 0.29) is 11.2 Å². The summed E-state index contributed by atoms with van der Waals surface area (Å²) in [4.78, 5) is 15.6. The smallest absolute Gasteiger partial charge is 0.200 e. The van der Waals surface area contributed by atoms with E-state index in [9.17, 15) is 9.90 Å². The summed E-state index contributed by atoms with van der Waals surface area (Å²) in [5.74, 6) is 0.151. The van der Waals surface area contributed by atoms with Crippen molar-refractivity contribution in [3.05, 3.63) is 62.4 Å². The van der Waals surface area contributed by atoms with Crippen molar-refractivity contribution in [3.8, 4) is 16.9 Å². The van der Waals surface area contributed by atoms with Gasteiger partial charge in [-0.25, -0.2) is 0 Å². The van der Waals surface area contributed by atoms with Crippen LogP contribution in [-0.4, -0.2) is 22.6 Å². The van der Waals surface area contributed by atoms with E-state index in [1.54, 1.807) is 30.3 Å². The van der Waals surface area contributed by atoms with Gasteiger partial charge < -0.3 is 9.52 Å². The lowest BCUT2D eigenvalue weighted by Gasteiger charge is -2.35. The molecule has 1 fully saturated rings. The predicted molar refractivity (Wildman–Crippen MR) is 118 cm³/mol. The van der Waals surface area contributed by atoms with Crippen LogP contribution in [-0.2, 0) is 6.54 Å². The lowest BCUT2D eigenvalue weighted by molar-refractivity contribution is 0.135. The van der Waals surface area contributed by atoms with E-state index in [2.05, 4.69) is 11.8 Å². The van der Waals surface area contributed by atoms with Gasteiger partial charge in [-0.15, -0.1) is 0 Å². The lowest BCUT2D eigenvalue weighted by atomic mass is 9.98. The number of phenolic OH excluding ortho intramolecular Hbond substituents is 1. The summed E-state index contributed by atoms with van der Waals surface area (Å²) < 4.78 is 5.91. The molecule has 2 aromatic carbocycles. The van der Waals surface area contributed by atoms with Gasteiger partial charge in [-0.05, 0) is 50.1 Å². The normalized spacial score (nSPS) is 17.7. The molecule has 1 atom stereocenters. The van der Waals surface area contributed by atoms with E-state index >= 15 is 0 Å². The van der Waals surface area contributed by atoms with Crippen molar-refractivity contribution in [1.29, 1.82) is 0 Å². The van der Waals surface area contributed by atoms with Crippen LogP contribution in [0.1, 0.15) is 38.2 Å². The second kappa shape index (κ2) is 8.39. The van der Waals surface area contributed by atoms with Gasteiger partial charge in [0, 0.05) is 23.2 Å². The van der Waals surface area contributed by atoms with Crippen LogP contribution in [0.3, 0.4) is 0 Å². The minimum Gasteiger partial charge on any atom is -0.507 e. The van der Waals surface area contributed by atoms with Crippen molar-refractivity contribution in [2.75, 3.05) is 6.54 Å². The van der Waals surface area contributed by atoms with E-state index in [1.165, 1.54) is 12.7 Å². The molecule has 0 spiro atoms. The average Bonchev–Trinajstić information content (AvgIpc) is 2.71. The molecule has 4 rings (SSSR count). The Kier molecular flexibility index (Phi) is 5.86. The van der Waals surface area contributed by atoms with E-state index in [0.29, 0.717) is 50.3 Å². The topological polar surface area (TPSA) is 53.7 Å². The number of nitrogens with zero attached hydrogens (tertiary/aromatic N) is 1. The Balaban J connectivity index is 1.80. The summed E-state index contributed by atoms with van der Waals surface area (Å²) in [6, 6.07) is 8.68. The van der Waals surface area contributed by atoms with Gasteiger partial charge in [0.15, 0.2) is 0 Å². The highest BCUT2D eigenvalue weighted by molar-refractivity contribution is 6.36. The third kappa shape index (κ3) is 3.89. The van der Waals surface area contributed by atoms with Crippen LogP contribution >= 0.6 is 23.2 Å². The standard InChI is InChI=1S/C23H23Cl2NO3/c1-2-15-5-3-4-10-26(15)12-18-21(27)9-8-17-22(28)19(13-29-23(17)18)16-7-6-14(24)11-20(16)25/h6-9,11,13,15,27H,2-5,10,12H2,1H3/t15-/m1/s1. The van der Waals surface area contributed by atoms with Crippen molar-refractivity contribution >= 4 is 34.2 Å². The largest absolute Gasteiger partial charge is 0.507 e. The minimum absolute atomic E-state index is 0.151. The molecule has 1 aromatic heterocycles. The number of likely N-dealkylation sites (tertiary alicyclic amines) is 1. The number of aromatic hydroxyl groups is 1. The maximum absolute atomic E-state index is 13.2. The van der Waals surface area contributed by atoms with Crippen LogP contribution in [0.15, 0.2) is 45.8 Å². The summed E-state index contributed by atoms with van der Waals surface area (Å²) in [5.41, 5.74) is 1.86. The molecular weight excluding hydrogens is 409 g/mol. The molecule has 29 heavy (non-hydrogen) atoms. The molecule has 3 aromatic rings. The number of piperidine rings is 1. The highest BCUT2D eigenvalue weighted by Crippen LogP contribution is 2.33. The molecule has 0 amide bonds. The molecule has 4 nitrogen and oxygen atoms in total. The zero-order chi connectivity index (χ0) is 20.5. The van der Waals surface area contributed by atoms with Crippen LogP contribution in [0.25, 0.3) is 22.1 Å². The molecule has 1 N–H and O–H groups in total. The molecule has 0 bridgehead atoms. The molecule has 0 aliphatic carbocycles. The maximum atomic E-state index is 13.2. The molecule has 152 valence electrons. The Morgan fingerprint density at radius 1 is 1.17 bits per heavy atom. The van der Waals surface area contributed by atoms with Gasteiger partial charge in [-0.3, -0.25) is 9.69 Å². The first kappa shape index (κ1) is 20.3. The Morgan fingerprint density at radius 3 is 2.76 bits per heavy atom. The fourth-order valence-electron chi connectivity index (χ4n) is 4.23. The molecule has 2 heterocycles. The Morgan fingerprint density at radius 2 is 2.00 bits per heavy atom. The molecule has 6 heteroatoms. The van der Waals surface area contributed by atoms with Crippen molar-refractivity contribution in [3.63, 3.8) is 0 Å². The summed E-state index contributed by atoms with van der Waals surface area (Å²) in [7, 11) is 0. The first-order valence-electron chi connectivity index (χ1n) is 9.95. The van der Waals surface area contributed by atoms with Crippen molar-refractivity contribution < 1.29 is 9.52 Å². The maximum Gasteiger partial charge on any atom is 0.200 e. The number of hydrogen-bond acceptors (Lipinski definition) is 4. The fraction of sp³-hybridized carbons (Fsp3) is 0.348. The van der Waals surface area contributed by atoms with Gasteiger partial charge in [0.2, 0.25) is 5.43 Å². The number of rotatable bonds is 4. The zero-order valence-electron chi connectivity index (χ0n) is 16.3. The first-order chi connectivity index (χ1) is 14.0. The Hall–Kier alpha value is -2.01. The summed E-state index contributed by atoms with van der Waals surface area (Å²) in [6.45, 7) is 3.73. The van der Waals surface area contributed by atoms with Crippen LogP contribution in [0.4, 0.5) is 0 Å². The number of hydrogen-bond donors (Lipinski definition) is 1. The van der Waals surface area contributed by atoms with Crippen molar-refractivity contribution in [1.82, 2.24) is 4.90 Å². The SMILES string of the molecule is CC[C@@H]1CCCCN1Cc1c(O)ccc2c(=O)c(-c3ccc(Cl)cc3Cl)coc12. The van der Waals surface area contributed by atoms with Gasteiger partial charge in [0.25, 0.3) is 0 Å². The molecule has 1 saturated heterocycles. The molecule has 0 unspecified atom stereocenters. The first-order valence-corrected chi connectivity index (χ1v) is 10.7. The second-order valence-electron chi connectivity index (χ2n) is 7.57. The highest BCUT2D eigenvalue weighted by Gasteiger charge is 2.24. The van der Waals surface area contributed by atoms with E-state index < -0.39 is 0 Å². The van der Waals surface area contributed by atoms with Crippen molar-refractivity contribution in [2.24, 2.45) is 0 Å². The van der Waals surface area contributed by atoms with Crippen LogP contribution in [0.5, 0.6) is 5.75 Å². The van der Waals surface area contributed by atoms with E-state index in [0.717, 1.165) is 25.8 Å². The Labute approximate surface area is 179 Å². The van der Waals surface area contributed by atoms with Crippen LogP contribution in [0, 0.1) is 0 Å². The zero-order valence-corrected chi connectivity index (χ0v) is 17.8. The second-order valence-corrected chi connectivity index (χ2v) is 8.41. The van der Waals surface area contributed by atoms with E-state index in [4.69, 9.17) is 27.6 Å². The van der Waals surface area contributed by atoms with Crippen LogP contribution < -0.4 is 5.43 Å². The number of halogens is 2. The third-order valence-electron chi connectivity index (χ3n) is 5.82. The minimum atomic E-state index is -0.178. The number of fused-ring (bicyclic) bond motifs is 1. The molecule has 1 aliphatic rings. The van der Waals surface area contributed by atoms with Gasteiger partial charge in [-0.2, -0.15) is 0 Å². The third-order valence-corrected chi connectivity index (χ3v) is 6.37. The molecule has 0 saturated carbocycles. The summed E-state index contributed by atoms with van der Waals surface area (Å²) >= 11 is 12.3. The van der Waals surface area contributed by atoms with Gasteiger partial charge in [0.05, 0.1) is 21.5 Å². The van der Waals surface area contributed by atoms with Crippen molar-refractivity contribution in [2.45, 2.75) is 45.2 Å². The molecule has 0 radical (unpaired) electrons. The molecule has 1 aliphatic heterocycles. The predicted octanol–water partition coefficient (Wildman–Crippen LogP) is 6.24. The molecular formula is C23H23Cl2NO3. The Bertz CT molecular complexity index is 1110. The summed E-state index contributed by atoms with van der Waals surface area (Å²) in [5, 5.41) is 11.9. The monoisotopic (exact) mass is 431 g/mol. The lowest BCUT2D eigenvalue weighted by Crippen LogP contribution is -2.38. The number of benzene rings is 2. The summed E-state index contributed by atoms with van der Waals surface area (Å²) in [6.07, 6.45) is 6.03. The van der Waals surface area contributed by atoms with E-state index in [1.807, 2.05) is 0 Å². The van der Waals surface area contributed by atoms with Gasteiger partial charge >= 0.3 is 0 Å². The average molecular weight is 432 g/mol. The highest BCUT2D eigenvalue weighted by atomic mass is 35.5. The van der Waals surface area contributed by atoms with Gasteiger partial charge in [-0.1, -0.05) is 42.6 Å². The van der Waals surface area contributed by atoms with Crippen LogP contribution in [0.2, 0.25) is 10.0 Å².